The first-order chi connectivity index (χ1) is 8.54. The largest absolute Gasteiger partial charge is 0.369 e. The molecule has 0 aromatic carbocycles. The molecular formula is C13H25N3O2. The first-order valence-electron chi connectivity index (χ1n) is 6.80. The third kappa shape index (κ3) is 4.64. The highest BCUT2D eigenvalue weighted by Gasteiger charge is 2.27. The van der Waals surface area contributed by atoms with Crippen LogP contribution < -0.4 is 5.73 Å². The molecule has 1 atom stereocenters. The van der Waals surface area contributed by atoms with Crippen molar-refractivity contribution >= 4 is 11.8 Å². The summed E-state index contributed by atoms with van der Waals surface area (Å²) in [6.45, 7) is 4.76. The molecule has 0 aliphatic carbocycles. The van der Waals surface area contributed by atoms with Crippen LogP contribution in [0.2, 0.25) is 0 Å². The van der Waals surface area contributed by atoms with Gasteiger partial charge in [-0.3, -0.25) is 14.5 Å². The Kier molecular flexibility index (Phi) is 6.12. The van der Waals surface area contributed by atoms with Gasteiger partial charge in [0.1, 0.15) is 0 Å². The fourth-order valence-electron chi connectivity index (χ4n) is 2.27. The third-order valence-electron chi connectivity index (χ3n) is 3.48. The zero-order valence-corrected chi connectivity index (χ0v) is 11.5. The number of nitrogens with two attached hydrogens (primary N) is 1. The van der Waals surface area contributed by atoms with E-state index in [1.165, 1.54) is 0 Å². The number of amides is 2. The van der Waals surface area contributed by atoms with Crippen LogP contribution in [0.3, 0.4) is 0 Å². The van der Waals surface area contributed by atoms with Gasteiger partial charge in [0.25, 0.3) is 0 Å². The topological polar surface area (TPSA) is 66.6 Å². The van der Waals surface area contributed by atoms with Crippen molar-refractivity contribution in [3.63, 3.8) is 0 Å². The van der Waals surface area contributed by atoms with Crippen LogP contribution >= 0.6 is 0 Å². The second-order valence-electron chi connectivity index (χ2n) is 5.17. The van der Waals surface area contributed by atoms with E-state index in [4.69, 9.17) is 5.73 Å². The lowest BCUT2D eigenvalue weighted by molar-refractivity contribution is -0.135. The summed E-state index contributed by atoms with van der Waals surface area (Å²) in [6, 6.07) is 0. The zero-order valence-electron chi connectivity index (χ0n) is 11.5. The van der Waals surface area contributed by atoms with Crippen LogP contribution in [-0.2, 0) is 9.59 Å². The van der Waals surface area contributed by atoms with Crippen molar-refractivity contribution in [3.05, 3.63) is 0 Å². The number of likely N-dealkylation sites (tertiary alicyclic amines) is 1. The van der Waals surface area contributed by atoms with E-state index in [-0.39, 0.29) is 17.7 Å². The molecule has 1 unspecified atom stereocenters. The van der Waals surface area contributed by atoms with Crippen molar-refractivity contribution in [1.29, 1.82) is 0 Å². The van der Waals surface area contributed by atoms with E-state index in [1.54, 1.807) is 4.90 Å². The summed E-state index contributed by atoms with van der Waals surface area (Å²) in [7, 11) is 1.96. The number of nitrogens with zero attached hydrogens (tertiary/aromatic N) is 2. The van der Waals surface area contributed by atoms with E-state index >= 15 is 0 Å². The van der Waals surface area contributed by atoms with E-state index < -0.39 is 0 Å². The number of primary amides is 1. The molecule has 5 nitrogen and oxygen atoms in total. The summed E-state index contributed by atoms with van der Waals surface area (Å²) in [5.41, 5.74) is 5.31. The van der Waals surface area contributed by atoms with E-state index in [0.717, 1.165) is 38.8 Å². The Morgan fingerprint density at radius 3 is 2.78 bits per heavy atom. The zero-order chi connectivity index (χ0) is 13.5. The maximum absolute atomic E-state index is 12.1. The number of carbonyl (C=O) groups is 2. The molecular weight excluding hydrogens is 230 g/mol. The van der Waals surface area contributed by atoms with Gasteiger partial charge in [0, 0.05) is 13.1 Å². The number of likely N-dealkylation sites (N-methyl/N-ethyl adjacent to an activating group) is 1. The van der Waals surface area contributed by atoms with Gasteiger partial charge in [0.15, 0.2) is 0 Å². The van der Waals surface area contributed by atoms with Crippen LogP contribution in [0.15, 0.2) is 0 Å². The Morgan fingerprint density at radius 1 is 1.44 bits per heavy atom. The molecule has 0 radical (unpaired) electrons. The van der Waals surface area contributed by atoms with Crippen LogP contribution in [0.25, 0.3) is 0 Å². The normalized spacial score (nSPS) is 20.2. The van der Waals surface area contributed by atoms with Gasteiger partial charge in [-0.2, -0.15) is 0 Å². The highest BCUT2D eigenvalue weighted by Crippen LogP contribution is 2.16. The molecule has 5 heteroatoms. The minimum Gasteiger partial charge on any atom is -0.369 e. The number of unbranched alkanes of at least 4 members (excludes halogenated alkanes) is 1. The van der Waals surface area contributed by atoms with Crippen molar-refractivity contribution in [2.75, 3.05) is 33.2 Å². The Morgan fingerprint density at radius 2 is 2.17 bits per heavy atom. The number of carbonyl (C=O) groups excluding carboxylic acids is 2. The predicted octanol–water partition coefficient (Wildman–Crippen LogP) is 0.442. The third-order valence-corrected chi connectivity index (χ3v) is 3.48. The Bertz CT molecular complexity index is 294. The summed E-state index contributed by atoms with van der Waals surface area (Å²) in [5.74, 6) is -0.338. The fraction of sp³-hybridized carbons (Fsp3) is 0.846. The monoisotopic (exact) mass is 255 g/mol. The molecule has 1 aliphatic heterocycles. The van der Waals surface area contributed by atoms with Crippen molar-refractivity contribution in [3.8, 4) is 0 Å². The van der Waals surface area contributed by atoms with Crippen molar-refractivity contribution in [2.24, 2.45) is 11.7 Å². The molecule has 1 fully saturated rings. The van der Waals surface area contributed by atoms with Gasteiger partial charge in [-0.05, 0) is 32.9 Å². The van der Waals surface area contributed by atoms with E-state index in [2.05, 4.69) is 6.92 Å². The predicted molar refractivity (Wildman–Crippen MR) is 70.9 cm³/mol. The molecule has 2 amide bonds. The SMILES string of the molecule is CCCCN(C)CC(=O)N1CCCC(C(N)=O)C1. The highest BCUT2D eigenvalue weighted by atomic mass is 16.2. The van der Waals surface area contributed by atoms with E-state index in [1.807, 2.05) is 11.9 Å². The van der Waals surface area contributed by atoms with Gasteiger partial charge in [-0.1, -0.05) is 13.3 Å². The first kappa shape index (κ1) is 15.0. The number of rotatable bonds is 6. The molecule has 2 N–H and O–H groups in total. The van der Waals surface area contributed by atoms with Gasteiger partial charge < -0.3 is 10.6 Å². The van der Waals surface area contributed by atoms with Gasteiger partial charge in [0.05, 0.1) is 12.5 Å². The average molecular weight is 255 g/mol. The molecule has 0 bridgehead atoms. The highest BCUT2D eigenvalue weighted by molar-refractivity contribution is 5.81. The summed E-state index contributed by atoms with van der Waals surface area (Å²) in [6.07, 6.45) is 3.92. The smallest absolute Gasteiger partial charge is 0.236 e. The molecule has 1 heterocycles. The Labute approximate surface area is 109 Å². The number of hydrogen-bond donors (Lipinski definition) is 1. The van der Waals surface area contributed by atoms with E-state index in [0.29, 0.717) is 13.1 Å². The van der Waals surface area contributed by atoms with E-state index in [9.17, 15) is 9.59 Å². The molecule has 0 aromatic heterocycles. The number of piperidine rings is 1. The lowest BCUT2D eigenvalue weighted by Gasteiger charge is -2.32. The molecule has 0 spiro atoms. The van der Waals surface area contributed by atoms with Crippen LogP contribution in [0.4, 0.5) is 0 Å². The maximum atomic E-state index is 12.1. The summed E-state index contributed by atoms with van der Waals surface area (Å²) < 4.78 is 0. The van der Waals surface area contributed by atoms with Crippen molar-refractivity contribution in [1.82, 2.24) is 9.80 Å². The first-order valence-corrected chi connectivity index (χ1v) is 6.80. The van der Waals surface area contributed by atoms with Gasteiger partial charge in [0.2, 0.25) is 11.8 Å². The fourth-order valence-corrected chi connectivity index (χ4v) is 2.27. The maximum Gasteiger partial charge on any atom is 0.236 e. The van der Waals surface area contributed by atoms with Crippen LogP contribution in [0.5, 0.6) is 0 Å². The van der Waals surface area contributed by atoms with Gasteiger partial charge >= 0.3 is 0 Å². The second-order valence-corrected chi connectivity index (χ2v) is 5.17. The quantitative estimate of drug-likeness (QED) is 0.749. The molecule has 0 saturated carbocycles. The van der Waals surface area contributed by atoms with Crippen LogP contribution in [-0.4, -0.2) is 54.8 Å². The number of hydrogen-bond acceptors (Lipinski definition) is 3. The lowest BCUT2D eigenvalue weighted by Crippen LogP contribution is -2.47. The average Bonchev–Trinajstić information content (AvgIpc) is 2.36. The molecule has 1 saturated heterocycles. The molecule has 0 aromatic rings. The Hall–Kier alpha value is -1.10. The van der Waals surface area contributed by atoms with Crippen molar-refractivity contribution in [2.45, 2.75) is 32.6 Å². The van der Waals surface area contributed by atoms with Crippen LogP contribution in [0.1, 0.15) is 32.6 Å². The van der Waals surface area contributed by atoms with Crippen molar-refractivity contribution < 1.29 is 9.59 Å². The standard InChI is InChI=1S/C13H25N3O2/c1-3-4-7-15(2)10-12(17)16-8-5-6-11(9-16)13(14)18/h11H,3-10H2,1-2H3,(H2,14,18). The minimum atomic E-state index is -0.285. The molecule has 1 rings (SSSR count). The minimum absolute atomic E-state index is 0.111. The summed E-state index contributed by atoms with van der Waals surface area (Å²) >= 11 is 0. The molecule has 1 aliphatic rings. The lowest BCUT2D eigenvalue weighted by atomic mass is 9.97. The second kappa shape index (κ2) is 7.36. The Balaban J connectivity index is 2.38. The summed E-state index contributed by atoms with van der Waals surface area (Å²) in [5, 5.41) is 0. The van der Waals surface area contributed by atoms with Crippen LogP contribution in [0, 0.1) is 5.92 Å². The summed E-state index contributed by atoms with van der Waals surface area (Å²) in [4.78, 5) is 27.1. The molecule has 104 valence electrons. The molecule has 18 heavy (non-hydrogen) atoms. The van der Waals surface area contributed by atoms with Gasteiger partial charge in [-0.25, -0.2) is 0 Å². The van der Waals surface area contributed by atoms with Gasteiger partial charge in [-0.15, -0.1) is 0 Å².